The number of aliphatic imine (C=N–C) groups is 1. The van der Waals surface area contributed by atoms with E-state index in [0.717, 1.165) is 6.07 Å². The van der Waals surface area contributed by atoms with Crippen LogP contribution in [0.5, 0.6) is 0 Å². The molecule has 96 valence electrons. The van der Waals surface area contributed by atoms with Crippen LogP contribution in [0.15, 0.2) is 35.8 Å². The van der Waals surface area contributed by atoms with Gasteiger partial charge < -0.3 is 10.5 Å². The van der Waals surface area contributed by atoms with Crippen molar-refractivity contribution >= 4 is 29.1 Å². The lowest BCUT2D eigenvalue weighted by Gasteiger charge is -2.03. The molecule has 0 heterocycles. The molecule has 1 aromatic carbocycles. The lowest BCUT2D eigenvalue weighted by molar-refractivity contribution is 0.0549. The Balaban J connectivity index is 2.92. The van der Waals surface area contributed by atoms with Crippen LogP contribution in [-0.2, 0) is 4.74 Å². The Morgan fingerprint density at radius 2 is 2.33 bits per heavy atom. The lowest BCUT2D eigenvalue weighted by atomic mass is 10.2. The minimum atomic E-state index is -0.670. The summed E-state index contributed by atoms with van der Waals surface area (Å²) < 4.78 is 18.4. The molecule has 6 heteroatoms. The molecule has 0 aliphatic carbocycles. The molecule has 1 rings (SSSR count). The summed E-state index contributed by atoms with van der Waals surface area (Å²) in [5.74, 6) is -1.20. The van der Waals surface area contributed by atoms with Gasteiger partial charge in [0.05, 0.1) is 11.4 Å². The zero-order chi connectivity index (χ0) is 13.5. The molecule has 2 N–H and O–H groups in total. The maximum Gasteiger partial charge on any atom is 0.338 e. The molecule has 0 saturated carbocycles. The first-order chi connectivity index (χ1) is 8.58. The number of carbonyl (C=O) groups excluding carboxylic acids is 1. The van der Waals surface area contributed by atoms with Gasteiger partial charge in [0.2, 0.25) is 0 Å². The Morgan fingerprint density at radius 1 is 1.61 bits per heavy atom. The molecular formula is C12H12ClFN2O2. The Bertz CT molecular complexity index is 489. The maximum atomic E-state index is 13.6. The number of hydrogen-bond acceptors (Lipinski definition) is 3. The molecule has 0 unspecified atom stereocenters. The number of alkyl halides is 1. The molecule has 0 aliphatic rings. The fourth-order valence-corrected chi connectivity index (χ4v) is 1.19. The monoisotopic (exact) mass is 270 g/mol. The molecule has 0 fully saturated rings. The minimum absolute atomic E-state index is 0.00255. The SMILES string of the molecule is C=CCOC(=O)c1ccc(N=C(N)CCl)c(F)c1. The summed E-state index contributed by atoms with van der Waals surface area (Å²) in [5.41, 5.74) is 5.50. The molecule has 0 saturated heterocycles. The van der Waals surface area contributed by atoms with Gasteiger partial charge in [0.25, 0.3) is 0 Å². The van der Waals surface area contributed by atoms with Crippen molar-refractivity contribution in [2.24, 2.45) is 10.7 Å². The number of carbonyl (C=O) groups is 1. The van der Waals surface area contributed by atoms with Crippen LogP contribution in [-0.4, -0.2) is 24.3 Å². The Hall–Kier alpha value is -1.88. The molecule has 0 aromatic heterocycles. The van der Waals surface area contributed by atoms with Crippen molar-refractivity contribution in [3.05, 3.63) is 42.2 Å². The van der Waals surface area contributed by atoms with Gasteiger partial charge in [-0.3, -0.25) is 0 Å². The van der Waals surface area contributed by atoms with Gasteiger partial charge in [0.1, 0.15) is 23.9 Å². The van der Waals surface area contributed by atoms with Crippen LogP contribution in [0, 0.1) is 5.82 Å². The van der Waals surface area contributed by atoms with E-state index in [2.05, 4.69) is 11.6 Å². The fourth-order valence-electron chi connectivity index (χ4n) is 1.13. The molecule has 0 amide bonds. The number of nitrogens with zero attached hydrogens (tertiary/aromatic N) is 1. The molecule has 0 atom stereocenters. The van der Waals surface area contributed by atoms with E-state index in [-0.39, 0.29) is 29.6 Å². The zero-order valence-electron chi connectivity index (χ0n) is 9.53. The number of esters is 1. The van der Waals surface area contributed by atoms with Gasteiger partial charge in [-0.1, -0.05) is 12.7 Å². The van der Waals surface area contributed by atoms with Crippen LogP contribution in [0.3, 0.4) is 0 Å². The average Bonchev–Trinajstić information content (AvgIpc) is 2.38. The molecule has 0 bridgehead atoms. The molecule has 0 aliphatic heterocycles. The Labute approximate surface area is 109 Å². The van der Waals surface area contributed by atoms with Crippen molar-refractivity contribution in [1.82, 2.24) is 0 Å². The lowest BCUT2D eigenvalue weighted by Crippen LogP contribution is -2.12. The van der Waals surface area contributed by atoms with Gasteiger partial charge >= 0.3 is 5.97 Å². The quantitative estimate of drug-likeness (QED) is 0.294. The highest BCUT2D eigenvalue weighted by Crippen LogP contribution is 2.19. The third kappa shape index (κ3) is 3.85. The highest BCUT2D eigenvalue weighted by atomic mass is 35.5. The topological polar surface area (TPSA) is 64.7 Å². The third-order valence-corrected chi connectivity index (χ3v) is 2.19. The first-order valence-electron chi connectivity index (χ1n) is 5.05. The van der Waals surface area contributed by atoms with Crippen LogP contribution >= 0.6 is 11.6 Å². The molecule has 0 radical (unpaired) electrons. The summed E-state index contributed by atoms with van der Waals surface area (Å²) in [6.07, 6.45) is 1.42. The van der Waals surface area contributed by atoms with Crippen molar-refractivity contribution in [3.63, 3.8) is 0 Å². The first kappa shape index (κ1) is 14.2. The highest BCUT2D eigenvalue weighted by molar-refractivity contribution is 6.28. The van der Waals surface area contributed by atoms with E-state index < -0.39 is 11.8 Å². The van der Waals surface area contributed by atoms with Gasteiger partial charge in [-0.25, -0.2) is 14.2 Å². The number of amidine groups is 1. The summed E-state index contributed by atoms with van der Waals surface area (Å²) in [6.45, 7) is 3.47. The van der Waals surface area contributed by atoms with Crippen molar-refractivity contribution in [2.75, 3.05) is 12.5 Å². The molecule has 4 nitrogen and oxygen atoms in total. The van der Waals surface area contributed by atoms with Crippen LogP contribution in [0.2, 0.25) is 0 Å². The van der Waals surface area contributed by atoms with Gasteiger partial charge in [-0.05, 0) is 18.2 Å². The molecule has 18 heavy (non-hydrogen) atoms. The van der Waals surface area contributed by atoms with Crippen LogP contribution in [0.25, 0.3) is 0 Å². The second-order valence-corrected chi connectivity index (χ2v) is 3.56. The summed E-state index contributed by atoms with van der Waals surface area (Å²) >= 11 is 5.43. The van der Waals surface area contributed by atoms with Gasteiger partial charge in [0.15, 0.2) is 0 Å². The second kappa shape index (κ2) is 6.76. The average molecular weight is 271 g/mol. The summed E-state index contributed by atoms with van der Waals surface area (Å²) in [5, 5.41) is 0. The predicted molar refractivity (Wildman–Crippen MR) is 68.9 cm³/mol. The number of halogens is 2. The Kier molecular flexibility index (Phi) is 5.32. The maximum absolute atomic E-state index is 13.6. The van der Waals surface area contributed by atoms with Gasteiger partial charge in [-0.15, -0.1) is 11.6 Å². The number of nitrogens with two attached hydrogens (primary N) is 1. The molecular weight excluding hydrogens is 259 g/mol. The number of hydrogen-bond donors (Lipinski definition) is 1. The first-order valence-corrected chi connectivity index (χ1v) is 5.58. The number of benzene rings is 1. The normalized spacial score (nSPS) is 11.1. The molecule has 0 spiro atoms. The second-order valence-electron chi connectivity index (χ2n) is 3.29. The predicted octanol–water partition coefficient (Wildman–Crippen LogP) is 2.40. The van der Waals surface area contributed by atoms with E-state index in [4.69, 9.17) is 22.1 Å². The Morgan fingerprint density at radius 3 is 2.89 bits per heavy atom. The van der Waals surface area contributed by atoms with Crippen molar-refractivity contribution in [2.45, 2.75) is 0 Å². The van der Waals surface area contributed by atoms with E-state index in [9.17, 15) is 9.18 Å². The van der Waals surface area contributed by atoms with Crippen molar-refractivity contribution < 1.29 is 13.9 Å². The van der Waals surface area contributed by atoms with Crippen molar-refractivity contribution in [1.29, 1.82) is 0 Å². The van der Waals surface area contributed by atoms with Crippen molar-refractivity contribution in [3.8, 4) is 0 Å². The summed E-state index contributed by atoms with van der Waals surface area (Å²) in [7, 11) is 0. The van der Waals surface area contributed by atoms with Gasteiger partial charge in [-0.2, -0.15) is 0 Å². The van der Waals surface area contributed by atoms with Crippen LogP contribution in [0.4, 0.5) is 10.1 Å². The van der Waals surface area contributed by atoms with Crippen LogP contribution < -0.4 is 5.73 Å². The van der Waals surface area contributed by atoms with E-state index in [1.165, 1.54) is 18.2 Å². The summed E-state index contributed by atoms with van der Waals surface area (Å²) in [6, 6.07) is 3.76. The smallest absolute Gasteiger partial charge is 0.338 e. The van der Waals surface area contributed by atoms with Gasteiger partial charge in [0, 0.05) is 0 Å². The third-order valence-electron chi connectivity index (χ3n) is 1.92. The fraction of sp³-hybridized carbons (Fsp3) is 0.167. The minimum Gasteiger partial charge on any atom is -0.458 e. The highest BCUT2D eigenvalue weighted by Gasteiger charge is 2.10. The van der Waals surface area contributed by atoms with E-state index in [1.54, 1.807) is 0 Å². The van der Waals surface area contributed by atoms with E-state index in [0.29, 0.717) is 0 Å². The van der Waals surface area contributed by atoms with E-state index >= 15 is 0 Å². The largest absolute Gasteiger partial charge is 0.458 e. The standard InChI is InChI=1S/C12H12ClFN2O2/c1-2-5-18-12(17)8-3-4-10(9(14)6-8)16-11(15)7-13/h2-4,6H,1,5,7H2,(H2,15,16). The van der Waals surface area contributed by atoms with E-state index in [1.807, 2.05) is 0 Å². The number of ether oxygens (including phenoxy) is 1. The molecule has 1 aromatic rings. The number of rotatable bonds is 5. The van der Waals surface area contributed by atoms with Crippen LogP contribution in [0.1, 0.15) is 10.4 Å². The summed E-state index contributed by atoms with van der Waals surface area (Å²) in [4.78, 5) is 15.2. The zero-order valence-corrected chi connectivity index (χ0v) is 10.3.